The molecule has 1 aliphatic carbocycles. The standard InChI is InChI=1S/C12H22N6O/c1-13-10-15-11(17-12(16-10)18(2)3)14-9-6-4-5-8(9)7-19/h8-9,19H,4-7H2,1-3H3,(H2,13,14,15,16,17). The first kappa shape index (κ1) is 13.8. The van der Waals surface area contributed by atoms with Gasteiger partial charge in [-0.2, -0.15) is 15.0 Å². The predicted octanol–water partition coefficient (Wildman–Crippen LogP) is 0.552. The van der Waals surface area contributed by atoms with Crippen LogP contribution in [0.4, 0.5) is 17.8 Å². The minimum atomic E-state index is 0.210. The third kappa shape index (κ3) is 3.23. The van der Waals surface area contributed by atoms with E-state index in [-0.39, 0.29) is 18.6 Å². The fourth-order valence-electron chi connectivity index (χ4n) is 2.35. The minimum Gasteiger partial charge on any atom is -0.396 e. The highest BCUT2D eigenvalue weighted by molar-refractivity contribution is 5.43. The third-order valence-corrected chi connectivity index (χ3v) is 3.46. The Kier molecular flexibility index (Phi) is 4.36. The van der Waals surface area contributed by atoms with Crippen molar-refractivity contribution < 1.29 is 5.11 Å². The summed E-state index contributed by atoms with van der Waals surface area (Å²) in [6, 6.07) is 0.243. The summed E-state index contributed by atoms with van der Waals surface area (Å²) in [5, 5.41) is 15.6. The summed E-state index contributed by atoms with van der Waals surface area (Å²) >= 11 is 0. The van der Waals surface area contributed by atoms with Gasteiger partial charge in [-0.25, -0.2) is 0 Å². The normalized spacial score (nSPS) is 22.3. The molecule has 1 saturated carbocycles. The lowest BCUT2D eigenvalue weighted by atomic mass is 10.1. The van der Waals surface area contributed by atoms with Gasteiger partial charge < -0.3 is 20.6 Å². The number of aromatic nitrogens is 3. The van der Waals surface area contributed by atoms with E-state index in [1.165, 1.54) is 0 Å². The zero-order valence-electron chi connectivity index (χ0n) is 11.7. The summed E-state index contributed by atoms with van der Waals surface area (Å²) in [6.45, 7) is 0.210. The average molecular weight is 266 g/mol. The van der Waals surface area contributed by atoms with E-state index in [0.29, 0.717) is 17.8 Å². The summed E-state index contributed by atoms with van der Waals surface area (Å²) in [7, 11) is 5.57. The van der Waals surface area contributed by atoms with E-state index < -0.39 is 0 Å². The van der Waals surface area contributed by atoms with Gasteiger partial charge in [0, 0.05) is 39.7 Å². The van der Waals surface area contributed by atoms with Crippen LogP contribution in [0.3, 0.4) is 0 Å². The third-order valence-electron chi connectivity index (χ3n) is 3.46. The van der Waals surface area contributed by atoms with E-state index in [0.717, 1.165) is 19.3 Å². The number of hydrogen-bond donors (Lipinski definition) is 3. The molecular weight excluding hydrogens is 244 g/mol. The molecule has 2 rings (SSSR count). The second kappa shape index (κ2) is 6.01. The van der Waals surface area contributed by atoms with Crippen LogP contribution in [0.15, 0.2) is 0 Å². The molecule has 0 saturated heterocycles. The van der Waals surface area contributed by atoms with Crippen molar-refractivity contribution in [3.05, 3.63) is 0 Å². The summed E-state index contributed by atoms with van der Waals surface area (Å²) in [5.74, 6) is 2.01. The van der Waals surface area contributed by atoms with Gasteiger partial charge in [-0.3, -0.25) is 0 Å². The maximum Gasteiger partial charge on any atom is 0.231 e. The van der Waals surface area contributed by atoms with Crippen molar-refractivity contribution in [2.45, 2.75) is 25.3 Å². The van der Waals surface area contributed by atoms with E-state index >= 15 is 0 Å². The van der Waals surface area contributed by atoms with Crippen molar-refractivity contribution in [1.82, 2.24) is 15.0 Å². The number of aliphatic hydroxyl groups is 1. The van der Waals surface area contributed by atoms with Crippen molar-refractivity contribution in [1.29, 1.82) is 0 Å². The van der Waals surface area contributed by atoms with Crippen LogP contribution >= 0.6 is 0 Å². The molecule has 3 N–H and O–H groups in total. The van der Waals surface area contributed by atoms with Crippen molar-refractivity contribution >= 4 is 17.8 Å². The van der Waals surface area contributed by atoms with Crippen LogP contribution in [0.5, 0.6) is 0 Å². The second-order valence-electron chi connectivity index (χ2n) is 5.05. The Labute approximate surface area is 113 Å². The minimum absolute atomic E-state index is 0.210. The molecule has 7 nitrogen and oxygen atoms in total. The number of aliphatic hydroxyl groups excluding tert-OH is 1. The van der Waals surface area contributed by atoms with Crippen LogP contribution in [-0.4, -0.2) is 53.9 Å². The molecule has 1 aromatic heterocycles. The Morgan fingerprint density at radius 2 is 1.95 bits per heavy atom. The first-order valence-electron chi connectivity index (χ1n) is 6.62. The highest BCUT2D eigenvalue weighted by Crippen LogP contribution is 2.27. The van der Waals surface area contributed by atoms with Gasteiger partial charge >= 0.3 is 0 Å². The van der Waals surface area contributed by atoms with Crippen molar-refractivity contribution in [3.8, 4) is 0 Å². The molecule has 1 aliphatic rings. The molecule has 19 heavy (non-hydrogen) atoms. The Morgan fingerprint density at radius 1 is 1.21 bits per heavy atom. The highest BCUT2D eigenvalue weighted by Gasteiger charge is 2.27. The van der Waals surface area contributed by atoms with Crippen LogP contribution in [0.1, 0.15) is 19.3 Å². The summed E-state index contributed by atoms with van der Waals surface area (Å²) in [6.07, 6.45) is 3.23. The van der Waals surface area contributed by atoms with E-state index in [4.69, 9.17) is 0 Å². The van der Waals surface area contributed by atoms with E-state index in [1.54, 1.807) is 7.05 Å². The van der Waals surface area contributed by atoms with Crippen molar-refractivity contribution in [2.24, 2.45) is 5.92 Å². The van der Waals surface area contributed by atoms with Gasteiger partial charge in [0.2, 0.25) is 17.8 Å². The summed E-state index contributed by atoms with van der Waals surface area (Å²) in [5.41, 5.74) is 0. The lowest BCUT2D eigenvalue weighted by Crippen LogP contribution is -2.28. The van der Waals surface area contributed by atoms with Gasteiger partial charge in [0.25, 0.3) is 0 Å². The highest BCUT2D eigenvalue weighted by atomic mass is 16.3. The Morgan fingerprint density at radius 3 is 2.58 bits per heavy atom. The van der Waals surface area contributed by atoms with Gasteiger partial charge in [0.05, 0.1) is 0 Å². The van der Waals surface area contributed by atoms with Gasteiger partial charge in [-0.1, -0.05) is 6.42 Å². The summed E-state index contributed by atoms with van der Waals surface area (Å²) < 4.78 is 0. The van der Waals surface area contributed by atoms with Gasteiger partial charge in [0.15, 0.2) is 0 Å². The van der Waals surface area contributed by atoms with Crippen LogP contribution in [0.25, 0.3) is 0 Å². The smallest absolute Gasteiger partial charge is 0.231 e. The van der Waals surface area contributed by atoms with Crippen LogP contribution in [0.2, 0.25) is 0 Å². The Hall–Kier alpha value is -1.63. The second-order valence-corrected chi connectivity index (χ2v) is 5.05. The molecule has 0 aromatic carbocycles. The first-order chi connectivity index (χ1) is 9.13. The lowest BCUT2D eigenvalue weighted by molar-refractivity contribution is 0.222. The number of nitrogens with zero attached hydrogens (tertiary/aromatic N) is 4. The predicted molar refractivity (Wildman–Crippen MR) is 75.5 cm³/mol. The number of rotatable bonds is 5. The number of anilines is 3. The first-order valence-corrected chi connectivity index (χ1v) is 6.62. The van der Waals surface area contributed by atoms with Crippen molar-refractivity contribution in [3.63, 3.8) is 0 Å². The molecule has 7 heteroatoms. The molecular formula is C12H22N6O. The maximum atomic E-state index is 9.34. The molecule has 2 atom stereocenters. The topological polar surface area (TPSA) is 86.2 Å². The average Bonchev–Trinajstić information content (AvgIpc) is 2.85. The molecule has 106 valence electrons. The van der Waals surface area contributed by atoms with Crippen LogP contribution in [0, 0.1) is 5.92 Å². The van der Waals surface area contributed by atoms with E-state index in [2.05, 4.69) is 25.6 Å². The molecule has 1 aromatic rings. The van der Waals surface area contributed by atoms with Crippen LogP contribution in [-0.2, 0) is 0 Å². The molecule has 0 aliphatic heterocycles. The molecule has 0 spiro atoms. The molecule has 1 heterocycles. The van der Waals surface area contributed by atoms with E-state index in [1.807, 2.05) is 19.0 Å². The zero-order valence-corrected chi connectivity index (χ0v) is 11.7. The monoisotopic (exact) mass is 266 g/mol. The molecule has 2 unspecified atom stereocenters. The van der Waals surface area contributed by atoms with Gasteiger partial charge in [-0.15, -0.1) is 0 Å². The van der Waals surface area contributed by atoms with E-state index in [9.17, 15) is 5.11 Å². The quantitative estimate of drug-likeness (QED) is 0.717. The molecule has 0 amide bonds. The largest absolute Gasteiger partial charge is 0.396 e. The fourth-order valence-corrected chi connectivity index (χ4v) is 2.35. The summed E-state index contributed by atoms with van der Waals surface area (Å²) in [4.78, 5) is 14.8. The molecule has 0 radical (unpaired) electrons. The number of nitrogens with one attached hydrogen (secondary N) is 2. The van der Waals surface area contributed by atoms with Gasteiger partial charge in [0.1, 0.15) is 0 Å². The van der Waals surface area contributed by atoms with Crippen LogP contribution < -0.4 is 15.5 Å². The Bertz CT molecular complexity index is 425. The van der Waals surface area contributed by atoms with Crippen molar-refractivity contribution in [2.75, 3.05) is 43.3 Å². The molecule has 0 bridgehead atoms. The SMILES string of the molecule is CNc1nc(NC2CCCC2CO)nc(N(C)C)n1. The van der Waals surface area contributed by atoms with Gasteiger partial charge in [-0.05, 0) is 12.8 Å². The molecule has 1 fully saturated rings. The Balaban J connectivity index is 2.17. The maximum absolute atomic E-state index is 9.34. The zero-order chi connectivity index (χ0) is 13.8. The fraction of sp³-hybridized carbons (Fsp3) is 0.750. The lowest BCUT2D eigenvalue weighted by Gasteiger charge is -2.20. The number of hydrogen-bond acceptors (Lipinski definition) is 7.